The van der Waals surface area contributed by atoms with Gasteiger partial charge in [0.25, 0.3) is 5.91 Å². The normalized spacial score (nSPS) is 14.2. The molecule has 2 N–H and O–H groups in total. The maximum Gasteiger partial charge on any atom is 0.257 e. The number of nitrogens with one attached hydrogen (secondary N) is 2. The molecule has 1 aromatic heterocycles. The van der Waals surface area contributed by atoms with E-state index in [0.717, 1.165) is 31.4 Å². The Morgan fingerprint density at radius 3 is 2.48 bits per heavy atom. The molecule has 1 heterocycles. The molecular formula is C16H16F2N4O. The highest BCUT2D eigenvalue weighted by atomic mass is 19.2. The lowest BCUT2D eigenvalue weighted by Gasteiger charge is -2.28. The summed E-state index contributed by atoms with van der Waals surface area (Å²) in [6.07, 6.45) is 4.37. The number of halogens is 2. The molecule has 0 radical (unpaired) electrons. The van der Waals surface area contributed by atoms with E-state index >= 15 is 0 Å². The molecule has 120 valence electrons. The van der Waals surface area contributed by atoms with Gasteiger partial charge in [0.2, 0.25) is 0 Å². The van der Waals surface area contributed by atoms with E-state index in [0.29, 0.717) is 16.9 Å². The highest BCUT2D eigenvalue weighted by molar-refractivity contribution is 6.05. The van der Waals surface area contributed by atoms with E-state index in [2.05, 4.69) is 20.8 Å². The zero-order valence-electron chi connectivity index (χ0n) is 12.6. The van der Waals surface area contributed by atoms with Gasteiger partial charge in [0.15, 0.2) is 11.6 Å². The number of anilines is 2. The molecule has 1 fully saturated rings. The minimum atomic E-state index is -1.01. The van der Waals surface area contributed by atoms with Gasteiger partial charge in [0, 0.05) is 18.2 Å². The van der Waals surface area contributed by atoms with Crippen molar-refractivity contribution in [3.05, 3.63) is 47.3 Å². The fourth-order valence-corrected chi connectivity index (χ4v) is 2.33. The van der Waals surface area contributed by atoms with Crippen molar-refractivity contribution in [2.24, 2.45) is 0 Å². The first-order chi connectivity index (χ1) is 11.0. The van der Waals surface area contributed by atoms with Crippen molar-refractivity contribution in [1.29, 1.82) is 0 Å². The van der Waals surface area contributed by atoms with E-state index in [4.69, 9.17) is 0 Å². The van der Waals surface area contributed by atoms with Crippen molar-refractivity contribution in [2.45, 2.75) is 32.2 Å². The zero-order valence-corrected chi connectivity index (χ0v) is 12.6. The highest BCUT2D eigenvalue weighted by Crippen LogP contribution is 2.30. The van der Waals surface area contributed by atoms with Gasteiger partial charge in [-0.2, -0.15) is 10.2 Å². The average molecular weight is 318 g/mol. The van der Waals surface area contributed by atoms with E-state index < -0.39 is 17.5 Å². The number of carbonyl (C=O) groups is 1. The maximum atomic E-state index is 13.5. The van der Waals surface area contributed by atoms with Crippen molar-refractivity contribution >= 4 is 17.3 Å². The minimum Gasteiger partial charge on any atom is -0.381 e. The second-order valence-corrected chi connectivity index (χ2v) is 5.62. The van der Waals surface area contributed by atoms with Gasteiger partial charge < -0.3 is 10.6 Å². The van der Waals surface area contributed by atoms with Crippen LogP contribution in [0.2, 0.25) is 0 Å². The third kappa shape index (κ3) is 3.44. The smallest absolute Gasteiger partial charge is 0.257 e. The van der Waals surface area contributed by atoms with Crippen LogP contribution in [-0.4, -0.2) is 22.1 Å². The quantitative estimate of drug-likeness (QED) is 0.908. The Labute approximate surface area is 132 Å². The lowest BCUT2D eigenvalue weighted by Crippen LogP contribution is -2.28. The molecule has 5 nitrogen and oxygen atoms in total. The first kappa shape index (κ1) is 15.3. The van der Waals surface area contributed by atoms with Crippen molar-refractivity contribution in [3.8, 4) is 0 Å². The van der Waals surface area contributed by atoms with Crippen molar-refractivity contribution in [2.75, 3.05) is 10.6 Å². The molecule has 1 aliphatic rings. The summed E-state index contributed by atoms with van der Waals surface area (Å²) in [6.45, 7) is 1.71. The van der Waals surface area contributed by atoms with E-state index in [1.54, 1.807) is 13.0 Å². The maximum absolute atomic E-state index is 13.5. The van der Waals surface area contributed by atoms with Crippen LogP contribution in [0.15, 0.2) is 24.4 Å². The SMILES string of the molecule is Cc1cc(C(=O)Nc2cc(F)c(F)cc2NC2CCC2)cnn1. The van der Waals surface area contributed by atoms with Crippen LogP contribution in [0.4, 0.5) is 20.2 Å². The van der Waals surface area contributed by atoms with Gasteiger partial charge in [-0.1, -0.05) is 0 Å². The summed E-state index contributed by atoms with van der Waals surface area (Å²) in [5.74, 6) is -2.42. The fraction of sp³-hybridized carbons (Fsp3) is 0.312. The monoisotopic (exact) mass is 318 g/mol. The summed E-state index contributed by atoms with van der Waals surface area (Å²) >= 11 is 0. The zero-order chi connectivity index (χ0) is 16.4. The predicted octanol–water partition coefficient (Wildman–Crippen LogP) is 3.28. The number of amides is 1. The summed E-state index contributed by atoms with van der Waals surface area (Å²) in [6, 6.07) is 3.84. The summed E-state index contributed by atoms with van der Waals surface area (Å²) < 4.78 is 27.0. The lowest BCUT2D eigenvalue weighted by atomic mass is 9.93. The second-order valence-electron chi connectivity index (χ2n) is 5.62. The Bertz CT molecular complexity index is 747. The molecule has 0 aliphatic heterocycles. The van der Waals surface area contributed by atoms with Crippen molar-refractivity contribution in [3.63, 3.8) is 0 Å². The first-order valence-corrected chi connectivity index (χ1v) is 7.39. The van der Waals surface area contributed by atoms with E-state index in [9.17, 15) is 13.6 Å². The number of hydrogen-bond donors (Lipinski definition) is 2. The molecule has 1 aliphatic carbocycles. The Kier molecular flexibility index (Phi) is 4.18. The third-order valence-corrected chi connectivity index (χ3v) is 3.81. The molecule has 23 heavy (non-hydrogen) atoms. The van der Waals surface area contributed by atoms with Gasteiger partial charge in [0.1, 0.15) is 0 Å². The van der Waals surface area contributed by atoms with E-state index in [1.807, 2.05) is 0 Å². The largest absolute Gasteiger partial charge is 0.381 e. The summed E-state index contributed by atoms with van der Waals surface area (Å²) in [4.78, 5) is 12.3. The van der Waals surface area contributed by atoms with Crippen LogP contribution in [0.25, 0.3) is 0 Å². The van der Waals surface area contributed by atoms with Gasteiger partial charge in [-0.05, 0) is 32.3 Å². The summed E-state index contributed by atoms with van der Waals surface area (Å²) in [5.41, 5.74) is 1.48. The Hall–Kier alpha value is -2.57. The second kappa shape index (κ2) is 6.28. The molecule has 0 unspecified atom stereocenters. The minimum absolute atomic E-state index is 0.204. The number of nitrogens with zero attached hydrogens (tertiary/aromatic N) is 2. The van der Waals surface area contributed by atoms with Gasteiger partial charge in [-0.25, -0.2) is 8.78 Å². The molecule has 2 aromatic rings. The number of hydrogen-bond acceptors (Lipinski definition) is 4. The van der Waals surface area contributed by atoms with Gasteiger partial charge >= 0.3 is 0 Å². The summed E-state index contributed by atoms with van der Waals surface area (Å²) in [7, 11) is 0. The number of benzene rings is 1. The molecular weight excluding hydrogens is 302 g/mol. The molecule has 3 rings (SSSR count). The summed E-state index contributed by atoms with van der Waals surface area (Å²) in [5, 5.41) is 13.2. The van der Waals surface area contributed by atoms with E-state index in [-0.39, 0.29) is 11.7 Å². The molecule has 1 amide bonds. The molecule has 1 aromatic carbocycles. The van der Waals surface area contributed by atoms with Crippen molar-refractivity contribution < 1.29 is 13.6 Å². The molecule has 0 atom stereocenters. The number of aromatic nitrogens is 2. The molecule has 7 heteroatoms. The molecule has 0 spiro atoms. The van der Waals surface area contributed by atoms with Crippen LogP contribution in [0, 0.1) is 18.6 Å². The van der Waals surface area contributed by atoms with Crippen LogP contribution in [0.5, 0.6) is 0 Å². The number of aryl methyl sites for hydroxylation is 1. The molecule has 0 bridgehead atoms. The van der Waals surface area contributed by atoms with Crippen LogP contribution < -0.4 is 10.6 Å². The Morgan fingerprint density at radius 2 is 1.87 bits per heavy atom. The predicted molar refractivity (Wildman–Crippen MR) is 82.3 cm³/mol. The van der Waals surface area contributed by atoms with Crippen LogP contribution in [0.3, 0.4) is 0 Å². The Balaban J connectivity index is 1.85. The number of carbonyl (C=O) groups excluding carboxylic acids is 1. The van der Waals surface area contributed by atoms with E-state index in [1.165, 1.54) is 6.20 Å². The van der Waals surface area contributed by atoms with Crippen LogP contribution >= 0.6 is 0 Å². The van der Waals surface area contributed by atoms with Gasteiger partial charge in [-0.15, -0.1) is 0 Å². The standard InChI is InChI=1S/C16H16F2N4O/c1-9-5-10(8-19-22-9)16(23)21-15-7-13(18)12(17)6-14(15)20-11-3-2-4-11/h5-8,11,20H,2-4H2,1H3,(H,21,23). The van der Waals surface area contributed by atoms with Crippen LogP contribution in [-0.2, 0) is 0 Å². The molecule has 1 saturated carbocycles. The van der Waals surface area contributed by atoms with Gasteiger partial charge in [0.05, 0.1) is 28.8 Å². The average Bonchev–Trinajstić information content (AvgIpc) is 2.47. The Morgan fingerprint density at radius 1 is 1.17 bits per heavy atom. The highest BCUT2D eigenvalue weighted by Gasteiger charge is 2.20. The van der Waals surface area contributed by atoms with Crippen molar-refractivity contribution in [1.82, 2.24) is 10.2 Å². The van der Waals surface area contributed by atoms with Crippen LogP contribution in [0.1, 0.15) is 35.3 Å². The lowest BCUT2D eigenvalue weighted by molar-refractivity contribution is 0.102. The number of rotatable bonds is 4. The molecule has 0 saturated heterocycles. The first-order valence-electron chi connectivity index (χ1n) is 7.39. The fourth-order valence-electron chi connectivity index (χ4n) is 2.33. The third-order valence-electron chi connectivity index (χ3n) is 3.81. The topological polar surface area (TPSA) is 66.9 Å². The van der Waals surface area contributed by atoms with Gasteiger partial charge in [-0.3, -0.25) is 4.79 Å².